The minimum Gasteiger partial charge on any atom is -0.399 e. The van der Waals surface area contributed by atoms with E-state index in [0.29, 0.717) is 6.54 Å². The fourth-order valence-electron chi connectivity index (χ4n) is 1.65. The molecule has 2 rings (SSSR count). The summed E-state index contributed by atoms with van der Waals surface area (Å²) in [5.74, 6) is 0. The Morgan fingerprint density at radius 3 is 2.53 bits per heavy atom. The number of nitrogens with two attached hydrogens (primary N) is 1. The van der Waals surface area contributed by atoms with E-state index in [1.165, 1.54) is 12.1 Å². The number of hydrogen-bond donors (Lipinski definition) is 2. The molecule has 0 radical (unpaired) electrons. The number of halogens is 3. The van der Waals surface area contributed by atoms with Gasteiger partial charge in [-0.1, -0.05) is 6.92 Å². The topological polar surface area (TPSA) is 38.0 Å². The Kier molecular flexibility index (Phi) is 2.72. The van der Waals surface area contributed by atoms with Gasteiger partial charge in [0.2, 0.25) is 0 Å². The predicted molar refractivity (Wildman–Crippen MR) is 61.7 cm³/mol. The van der Waals surface area contributed by atoms with Crippen molar-refractivity contribution in [2.75, 3.05) is 17.6 Å². The largest absolute Gasteiger partial charge is 0.418 e. The molecular weight excluding hydrogens is 229 g/mol. The Bertz CT molecular complexity index is 422. The van der Waals surface area contributed by atoms with Crippen molar-refractivity contribution in [3.63, 3.8) is 0 Å². The van der Waals surface area contributed by atoms with Crippen molar-refractivity contribution in [1.29, 1.82) is 0 Å². The minimum absolute atomic E-state index is 0.111. The Labute approximate surface area is 98.0 Å². The van der Waals surface area contributed by atoms with Gasteiger partial charge in [0.15, 0.2) is 0 Å². The third-order valence-corrected chi connectivity index (χ3v) is 3.16. The van der Waals surface area contributed by atoms with Gasteiger partial charge in [0.25, 0.3) is 0 Å². The van der Waals surface area contributed by atoms with E-state index in [1.807, 2.05) is 0 Å². The van der Waals surface area contributed by atoms with Gasteiger partial charge in [0.05, 0.1) is 5.56 Å². The number of hydrogen-bond acceptors (Lipinski definition) is 2. The quantitative estimate of drug-likeness (QED) is 0.798. The van der Waals surface area contributed by atoms with Crippen LogP contribution < -0.4 is 11.1 Å². The van der Waals surface area contributed by atoms with Gasteiger partial charge >= 0.3 is 6.18 Å². The van der Waals surface area contributed by atoms with Crippen LogP contribution in [-0.4, -0.2) is 6.54 Å². The van der Waals surface area contributed by atoms with Gasteiger partial charge < -0.3 is 11.1 Å². The van der Waals surface area contributed by atoms with Crippen LogP contribution >= 0.6 is 0 Å². The average molecular weight is 244 g/mol. The zero-order valence-electron chi connectivity index (χ0n) is 9.56. The number of alkyl halides is 3. The van der Waals surface area contributed by atoms with Gasteiger partial charge in [-0.2, -0.15) is 13.2 Å². The van der Waals surface area contributed by atoms with Gasteiger partial charge in [0.1, 0.15) is 0 Å². The summed E-state index contributed by atoms with van der Waals surface area (Å²) < 4.78 is 38.3. The van der Waals surface area contributed by atoms with Crippen molar-refractivity contribution in [1.82, 2.24) is 0 Å². The molecule has 0 saturated heterocycles. The molecule has 94 valence electrons. The second-order valence-electron chi connectivity index (χ2n) is 4.97. The third kappa shape index (κ3) is 2.84. The smallest absolute Gasteiger partial charge is 0.399 e. The number of nitrogen functional groups attached to an aromatic ring is 1. The summed E-state index contributed by atoms with van der Waals surface area (Å²) in [5, 5.41) is 2.87. The van der Waals surface area contributed by atoms with Crippen molar-refractivity contribution in [2.24, 2.45) is 5.41 Å². The van der Waals surface area contributed by atoms with E-state index in [-0.39, 0.29) is 16.8 Å². The van der Waals surface area contributed by atoms with Crippen LogP contribution in [0, 0.1) is 5.41 Å². The first kappa shape index (κ1) is 12.1. The van der Waals surface area contributed by atoms with Crippen molar-refractivity contribution < 1.29 is 13.2 Å². The molecule has 0 aliphatic heterocycles. The molecule has 0 bridgehead atoms. The lowest BCUT2D eigenvalue weighted by Gasteiger charge is -2.17. The molecule has 1 aromatic rings. The lowest BCUT2D eigenvalue weighted by atomic mass is 10.1. The molecule has 1 aliphatic carbocycles. The molecule has 1 fully saturated rings. The second kappa shape index (κ2) is 3.82. The summed E-state index contributed by atoms with van der Waals surface area (Å²) in [6.07, 6.45) is -2.24. The Morgan fingerprint density at radius 2 is 2.00 bits per heavy atom. The van der Waals surface area contributed by atoms with Crippen LogP contribution in [0.1, 0.15) is 25.3 Å². The summed E-state index contributed by atoms with van der Waals surface area (Å²) in [6, 6.07) is 3.84. The predicted octanol–water partition coefficient (Wildman–Crippen LogP) is 3.50. The lowest BCUT2D eigenvalue weighted by Crippen LogP contribution is -2.16. The standard InChI is InChI=1S/C12H15F3N2/c1-11(4-5-11)7-17-10-3-2-8(16)6-9(10)12(13,14)15/h2-3,6,17H,4-5,7,16H2,1H3. The van der Waals surface area contributed by atoms with E-state index >= 15 is 0 Å². The first-order valence-corrected chi connectivity index (χ1v) is 5.51. The molecule has 0 unspecified atom stereocenters. The summed E-state index contributed by atoms with van der Waals surface area (Å²) in [7, 11) is 0. The molecule has 2 nitrogen and oxygen atoms in total. The molecule has 17 heavy (non-hydrogen) atoms. The van der Waals surface area contributed by atoms with E-state index in [9.17, 15) is 13.2 Å². The van der Waals surface area contributed by atoms with Crippen LogP contribution in [0.2, 0.25) is 0 Å². The third-order valence-electron chi connectivity index (χ3n) is 3.16. The monoisotopic (exact) mass is 244 g/mol. The van der Waals surface area contributed by atoms with Crippen LogP contribution in [0.15, 0.2) is 18.2 Å². The van der Waals surface area contributed by atoms with Gasteiger partial charge in [-0.3, -0.25) is 0 Å². The number of nitrogens with one attached hydrogen (secondary N) is 1. The Hall–Kier alpha value is -1.39. The maximum atomic E-state index is 12.8. The Balaban J connectivity index is 2.20. The highest BCUT2D eigenvalue weighted by atomic mass is 19.4. The normalized spacial score (nSPS) is 17.9. The molecule has 5 heteroatoms. The van der Waals surface area contributed by atoms with Crippen molar-refractivity contribution in [2.45, 2.75) is 25.9 Å². The van der Waals surface area contributed by atoms with Crippen LogP contribution in [0.5, 0.6) is 0 Å². The SMILES string of the molecule is CC1(CNc2ccc(N)cc2C(F)(F)F)CC1. The zero-order chi connectivity index (χ0) is 12.7. The number of rotatable bonds is 3. The molecule has 1 aromatic carbocycles. The van der Waals surface area contributed by atoms with E-state index in [0.717, 1.165) is 18.9 Å². The summed E-state index contributed by atoms with van der Waals surface area (Å²) >= 11 is 0. The van der Waals surface area contributed by atoms with E-state index in [4.69, 9.17) is 5.73 Å². The van der Waals surface area contributed by atoms with E-state index in [2.05, 4.69) is 12.2 Å². The molecule has 0 aromatic heterocycles. The summed E-state index contributed by atoms with van der Waals surface area (Å²) in [5.41, 5.74) is 5.09. The summed E-state index contributed by atoms with van der Waals surface area (Å²) in [4.78, 5) is 0. The van der Waals surface area contributed by atoms with Crippen LogP contribution in [0.25, 0.3) is 0 Å². The van der Waals surface area contributed by atoms with Crippen LogP contribution in [0.3, 0.4) is 0 Å². The molecule has 0 spiro atoms. The van der Waals surface area contributed by atoms with Gasteiger partial charge in [-0.05, 0) is 36.5 Å². The maximum absolute atomic E-state index is 12.8. The highest BCUT2D eigenvalue weighted by molar-refractivity contribution is 5.59. The lowest BCUT2D eigenvalue weighted by molar-refractivity contribution is -0.136. The van der Waals surface area contributed by atoms with Crippen molar-refractivity contribution >= 4 is 11.4 Å². The van der Waals surface area contributed by atoms with Crippen LogP contribution in [0.4, 0.5) is 24.5 Å². The van der Waals surface area contributed by atoms with Gasteiger partial charge in [-0.15, -0.1) is 0 Å². The molecule has 1 aliphatic rings. The van der Waals surface area contributed by atoms with Crippen molar-refractivity contribution in [3.05, 3.63) is 23.8 Å². The molecular formula is C12H15F3N2. The van der Waals surface area contributed by atoms with E-state index < -0.39 is 11.7 Å². The molecule has 0 heterocycles. The highest BCUT2D eigenvalue weighted by Crippen LogP contribution is 2.45. The first-order valence-electron chi connectivity index (χ1n) is 5.51. The van der Waals surface area contributed by atoms with Gasteiger partial charge in [0, 0.05) is 17.9 Å². The average Bonchev–Trinajstić information content (AvgIpc) is 2.94. The Morgan fingerprint density at radius 1 is 1.35 bits per heavy atom. The second-order valence-corrected chi connectivity index (χ2v) is 4.97. The zero-order valence-corrected chi connectivity index (χ0v) is 9.56. The highest BCUT2D eigenvalue weighted by Gasteiger charge is 2.38. The molecule has 1 saturated carbocycles. The summed E-state index contributed by atoms with van der Waals surface area (Å²) in [6.45, 7) is 2.63. The van der Waals surface area contributed by atoms with Crippen molar-refractivity contribution in [3.8, 4) is 0 Å². The van der Waals surface area contributed by atoms with Crippen LogP contribution in [-0.2, 0) is 6.18 Å². The number of benzene rings is 1. The molecule has 0 amide bonds. The molecule has 0 atom stereocenters. The fraction of sp³-hybridized carbons (Fsp3) is 0.500. The minimum atomic E-state index is -4.37. The molecule has 3 N–H and O–H groups in total. The van der Waals surface area contributed by atoms with E-state index in [1.54, 1.807) is 0 Å². The van der Waals surface area contributed by atoms with Gasteiger partial charge in [-0.25, -0.2) is 0 Å². The number of anilines is 2. The fourth-order valence-corrected chi connectivity index (χ4v) is 1.65. The first-order chi connectivity index (χ1) is 7.80. The maximum Gasteiger partial charge on any atom is 0.418 e.